The molecule has 39 heavy (non-hydrogen) atoms. The summed E-state index contributed by atoms with van der Waals surface area (Å²) in [6.07, 6.45) is 11.7. The molecule has 8 heteroatoms. The molecule has 0 bridgehead atoms. The van der Waals surface area contributed by atoms with E-state index in [1.807, 2.05) is 34.2 Å². The first kappa shape index (κ1) is 29.3. The maximum Gasteiger partial charge on any atom is 0.275 e. The first-order chi connectivity index (χ1) is 18.8. The molecule has 0 unspecified atom stereocenters. The number of amides is 2. The number of piperidine rings is 1. The van der Waals surface area contributed by atoms with Crippen LogP contribution in [0.25, 0.3) is 11.6 Å². The predicted molar refractivity (Wildman–Crippen MR) is 156 cm³/mol. The summed E-state index contributed by atoms with van der Waals surface area (Å²) in [5.74, 6) is 1.02. The molecule has 2 aliphatic heterocycles. The number of aromatic nitrogens is 2. The Hall–Kier alpha value is -2.71. The zero-order valence-corrected chi connectivity index (χ0v) is 24.4. The van der Waals surface area contributed by atoms with Gasteiger partial charge in [-0.2, -0.15) is 5.10 Å². The van der Waals surface area contributed by atoms with Gasteiger partial charge in [-0.25, -0.2) is 4.52 Å². The van der Waals surface area contributed by atoms with Crippen LogP contribution >= 0.6 is 0 Å². The van der Waals surface area contributed by atoms with Crippen molar-refractivity contribution < 1.29 is 14.3 Å². The van der Waals surface area contributed by atoms with E-state index in [1.54, 1.807) is 4.52 Å². The minimum Gasteiger partial charge on any atom is -0.378 e. The average Bonchev–Trinajstić information content (AvgIpc) is 3.30. The Morgan fingerprint density at radius 2 is 1.67 bits per heavy atom. The number of carbonyl (C=O) groups is 2. The quantitative estimate of drug-likeness (QED) is 0.410. The number of rotatable bonds is 11. The highest BCUT2D eigenvalue weighted by Crippen LogP contribution is 2.23. The Morgan fingerprint density at radius 3 is 2.31 bits per heavy atom. The maximum atomic E-state index is 13.7. The summed E-state index contributed by atoms with van der Waals surface area (Å²) in [4.78, 5) is 33.5. The normalized spacial score (nSPS) is 17.1. The minimum atomic E-state index is -0.0806. The highest BCUT2D eigenvalue weighted by molar-refractivity contribution is 6.00. The van der Waals surface area contributed by atoms with Crippen molar-refractivity contribution in [2.24, 2.45) is 11.8 Å². The summed E-state index contributed by atoms with van der Waals surface area (Å²) < 4.78 is 7.21. The second-order valence-electron chi connectivity index (χ2n) is 11.8. The first-order valence-corrected chi connectivity index (χ1v) is 14.9. The molecule has 4 heterocycles. The number of pyridine rings is 1. The Balaban J connectivity index is 1.65. The molecule has 0 saturated carbocycles. The lowest BCUT2D eigenvalue weighted by atomic mass is 10.1. The van der Waals surface area contributed by atoms with Crippen LogP contribution in [0.5, 0.6) is 0 Å². The lowest BCUT2D eigenvalue weighted by Crippen LogP contribution is -2.41. The van der Waals surface area contributed by atoms with Crippen molar-refractivity contribution in [1.29, 1.82) is 0 Å². The van der Waals surface area contributed by atoms with Crippen molar-refractivity contribution in [3.8, 4) is 0 Å². The standard InChI is InChI=1S/C31H47N5O3/c1-24(2)10-16-34(17-11-25(3)4)30(37)26-12-18-36-28(23-26)27(9-8-15-33-13-6-5-7-14-33)29(32-36)31(38)35-19-21-39-22-20-35/h8-9,12,18,23-25H,5-7,10-11,13-17,19-22H2,1-4H3. The Bertz CT molecular complexity index is 1110. The van der Waals surface area contributed by atoms with Gasteiger partial charge in [0.1, 0.15) is 0 Å². The molecule has 2 saturated heterocycles. The molecule has 0 radical (unpaired) electrons. The maximum absolute atomic E-state index is 13.7. The second kappa shape index (κ2) is 14.1. The van der Waals surface area contributed by atoms with Crippen LogP contribution in [0.4, 0.5) is 0 Å². The van der Waals surface area contributed by atoms with Crippen molar-refractivity contribution in [3.05, 3.63) is 41.2 Å². The monoisotopic (exact) mass is 537 g/mol. The van der Waals surface area contributed by atoms with Gasteiger partial charge in [0.15, 0.2) is 5.69 Å². The van der Waals surface area contributed by atoms with E-state index in [0.717, 1.165) is 56.6 Å². The summed E-state index contributed by atoms with van der Waals surface area (Å²) in [5.41, 5.74) is 2.66. The number of hydrogen-bond acceptors (Lipinski definition) is 5. The third-order valence-electron chi connectivity index (χ3n) is 7.76. The summed E-state index contributed by atoms with van der Waals surface area (Å²) in [5, 5.41) is 4.71. The summed E-state index contributed by atoms with van der Waals surface area (Å²) in [6.45, 7) is 15.5. The van der Waals surface area contributed by atoms with E-state index in [-0.39, 0.29) is 11.8 Å². The van der Waals surface area contributed by atoms with Crippen molar-refractivity contribution in [2.75, 3.05) is 59.0 Å². The number of carbonyl (C=O) groups excluding carboxylic acids is 2. The fourth-order valence-corrected chi connectivity index (χ4v) is 5.22. The molecule has 0 N–H and O–H groups in total. The summed E-state index contributed by atoms with van der Waals surface area (Å²) in [6, 6.07) is 3.76. The van der Waals surface area contributed by atoms with E-state index in [4.69, 9.17) is 9.84 Å². The first-order valence-electron chi connectivity index (χ1n) is 14.9. The number of hydrogen-bond donors (Lipinski definition) is 0. The van der Waals surface area contributed by atoms with Gasteiger partial charge in [0.25, 0.3) is 11.8 Å². The topological polar surface area (TPSA) is 70.4 Å². The second-order valence-corrected chi connectivity index (χ2v) is 11.8. The molecule has 0 aliphatic carbocycles. The van der Waals surface area contributed by atoms with Gasteiger partial charge in [0, 0.05) is 50.0 Å². The lowest BCUT2D eigenvalue weighted by molar-refractivity contribution is 0.0298. The molecule has 0 aromatic carbocycles. The largest absolute Gasteiger partial charge is 0.378 e. The van der Waals surface area contributed by atoms with E-state index in [9.17, 15) is 9.59 Å². The average molecular weight is 538 g/mol. The Kier molecular flexibility index (Phi) is 10.6. The van der Waals surface area contributed by atoms with Crippen LogP contribution in [-0.2, 0) is 4.74 Å². The van der Waals surface area contributed by atoms with Crippen LogP contribution in [0.1, 0.15) is 86.2 Å². The van der Waals surface area contributed by atoms with Gasteiger partial charge in [-0.05, 0) is 62.7 Å². The third-order valence-corrected chi connectivity index (χ3v) is 7.76. The number of morpholine rings is 1. The van der Waals surface area contributed by atoms with Gasteiger partial charge in [-0.15, -0.1) is 0 Å². The van der Waals surface area contributed by atoms with E-state index in [1.165, 1.54) is 19.3 Å². The number of fused-ring (bicyclic) bond motifs is 1. The van der Waals surface area contributed by atoms with Crippen LogP contribution < -0.4 is 0 Å². The molecule has 2 fully saturated rings. The third kappa shape index (κ3) is 7.92. The predicted octanol–water partition coefficient (Wildman–Crippen LogP) is 4.84. The van der Waals surface area contributed by atoms with Crippen molar-refractivity contribution in [3.63, 3.8) is 0 Å². The van der Waals surface area contributed by atoms with Crippen molar-refractivity contribution in [2.45, 2.75) is 59.8 Å². The number of likely N-dealkylation sites (tertiary alicyclic amines) is 1. The minimum absolute atomic E-state index is 0.0457. The number of nitrogens with zero attached hydrogens (tertiary/aromatic N) is 5. The zero-order chi connectivity index (χ0) is 27.8. The van der Waals surface area contributed by atoms with E-state index >= 15 is 0 Å². The fourth-order valence-electron chi connectivity index (χ4n) is 5.22. The molecule has 214 valence electrons. The van der Waals surface area contributed by atoms with Crippen molar-refractivity contribution >= 4 is 23.4 Å². The fraction of sp³-hybridized carbons (Fsp3) is 0.645. The molecular weight excluding hydrogens is 490 g/mol. The van der Waals surface area contributed by atoms with E-state index < -0.39 is 0 Å². The molecule has 4 rings (SSSR count). The molecule has 8 nitrogen and oxygen atoms in total. The van der Waals surface area contributed by atoms with Crippen LogP contribution in [0.2, 0.25) is 0 Å². The Labute approximate surface area is 234 Å². The molecule has 2 aromatic rings. The van der Waals surface area contributed by atoms with E-state index in [2.05, 4.69) is 38.7 Å². The molecule has 0 spiro atoms. The Morgan fingerprint density at radius 1 is 1.00 bits per heavy atom. The molecule has 2 aromatic heterocycles. The van der Waals surface area contributed by atoms with Gasteiger partial charge in [0.05, 0.1) is 18.7 Å². The highest BCUT2D eigenvalue weighted by atomic mass is 16.5. The van der Waals surface area contributed by atoms with Crippen molar-refractivity contribution in [1.82, 2.24) is 24.3 Å². The SMILES string of the molecule is CC(C)CCN(CCC(C)C)C(=O)c1ccn2nc(C(=O)N3CCOCC3)c(C=CCN3CCCCC3)c2c1. The van der Waals surface area contributed by atoms with Gasteiger partial charge in [-0.3, -0.25) is 14.5 Å². The highest BCUT2D eigenvalue weighted by Gasteiger charge is 2.26. The number of ether oxygens (including phenoxy) is 1. The van der Waals surface area contributed by atoms with Gasteiger partial charge >= 0.3 is 0 Å². The summed E-state index contributed by atoms with van der Waals surface area (Å²) >= 11 is 0. The van der Waals surface area contributed by atoms with Crippen LogP contribution in [0.3, 0.4) is 0 Å². The van der Waals surface area contributed by atoms with Crippen LogP contribution in [-0.4, -0.2) is 95.2 Å². The van der Waals surface area contributed by atoms with Gasteiger partial charge in [-0.1, -0.05) is 46.3 Å². The van der Waals surface area contributed by atoms with Gasteiger partial charge < -0.3 is 14.5 Å². The van der Waals surface area contributed by atoms with Gasteiger partial charge in [0.2, 0.25) is 0 Å². The zero-order valence-electron chi connectivity index (χ0n) is 24.4. The van der Waals surface area contributed by atoms with Crippen LogP contribution in [0.15, 0.2) is 24.4 Å². The summed E-state index contributed by atoms with van der Waals surface area (Å²) in [7, 11) is 0. The lowest BCUT2D eigenvalue weighted by Gasteiger charge is -2.26. The molecule has 2 aliphatic rings. The molecular formula is C31H47N5O3. The van der Waals surface area contributed by atoms with Crippen LogP contribution in [0, 0.1) is 11.8 Å². The molecule has 2 amide bonds. The molecule has 0 atom stereocenters. The van der Waals surface area contributed by atoms with E-state index in [0.29, 0.717) is 49.4 Å². The smallest absolute Gasteiger partial charge is 0.275 e.